The van der Waals surface area contributed by atoms with E-state index in [1.54, 1.807) is 4.90 Å². The Bertz CT molecular complexity index is 344. The van der Waals surface area contributed by atoms with Gasteiger partial charge in [-0.05, 0) is 18.4 Å². The minimum absolute atomic E-state index is 0.0985. The van der Waals surface area contributed by atoms with Crippen LogP contribution in [0.4, 0.5) is 0 Å². The molecule has 3 heteroatoms. The summed E-state index contributed by atoms with van der Waals surface area (Å²) in [6.07, 6.45) is 1.64. The van der Waals surface area contributed by atoms with E-state index < -0.39 is 0 Å². The number of benzene rings is 1. The van der Waals surface area contributed by atoms with Gasteiger partial charge < -0.3 is 9.64 Å². The monoisotopic (exact) mass is 219 g/mol. The number of ether oxygens (including phenoxy) is 1. The van der Waals surface area contributed by atoms with Gasteiger partial charge in [0.25, 0.3) is 5.91 Å². The Labute approximate surface area is 96.0 Å². The molecule has 0 bridgehead atoms. The van der Waals surface area contributed by atoms with Crippen LogP contribution in [0, 0.1) is 0 Å². The molecule has 1 unspecified atom stereocenters. The highest BCUT2D eigenvalue weighted by molar-refractivity contribution is 5.80. The Morgan fingerprint density at radius 3 is 2.81 bits per heavy atom. The fourth-order valence-corrected chi connectivity index (χ4v) is 1.95. The first-order chi connectivity index (χ1) is 7.77. The molecule has 0 N–H and O–H groups in total. The van der Waals surface area contributed by atoms with Gasteiger partial charge in [0.2, 0.25) is 0 Å². The highest BCUT2D eigenvalue weighted by atomic mass is 16.5. The van der Waals surface area contributed by atoms with Crippen molar-refractivity contribution < 1.29 is 9.53 Å². The quantitative estimate of drug-likeness (QED) is 0.776. The lowest BCUT2D eigenvalue weighted by molar-refractivity contribution is -0.140. The Morgan fingerprint density at radius 2 is 2.19 bits per heavy atom. The molecule has 1 saturated heterocycles. The van der Waals surface area contributed by atoms with Gasteiger partial charge in [0.15, 0.2) is 0 Å². The Morgan fingerprint density at radius 1 is 1.44 bits per heavy atom. The minimum Gasteiger partial charge on any atom is -0.368 e. The van der Waals surface area contributed by atoms with Crippen LogP contribution in [0.5, 0.6) is 0 Å². The molecule has 2 rings (SSSR count). The molecule has 1 amide bonds. The van der Waals surface area contributed by atoms with E-state index in [1.165, 1.54) is 0 Å². The molecule has 0 radical (unpaired) electrons. The Kier molecular flexibility index (Phi) is 3.57. The van der Waals surface area contributed by atoms with Crippen LogP contribution in [0.15, 0.2) is 30.3 Å². The average molecular weight is 219 g/mol. The summed E-state index contributed by atoms with van der Waals surface area (Å²) in [4.78, 5) is 13.7. The first-order valence-electron chi connectivity index (χ1n) is 5.68. The Hall–Kier alpha value is -1.35. The van der Waals surface area contributed by atoms with Gasteiger partial charge in [-0.3, -0.25) is 4.79 Å². The smallest absolute Gasteiger partial charge is 0.251 e. The summed E-state index contributed by atoms with van der Waals surface area (Å²) in [5.74, 6) is 0.0985. The summed E-state index contributed by atoms with van der Waals surface area (Å²) in [5, 5.41) is 0. The third-order valence-corrected chi connectivity index (χ3v) is 2.84. The standard InChI is InChI=1S/C13H17NO2/c1-14(10-11-6-3-2-4-7-11)13(15)12-8-5-9-16-12/h2-4,6-7,12H,5,8-10H2,1H3. The molecule has 1 atom stereocenters. The molecule has 1 aromatic rings. The van der Waals surface area contributed by atoms with Crippen molar-refractivity contribution in [2.24, 2.45) is 0 Å². The maximum atomic E-state index is 12.0. The average Bonchev–Trinajstić information content (AvgIpc) is 2.83. The molecular weight excluding hydrogens is 202 g/mol. The van der Waals surface area contributed by atoms with Crippen LogP contribution in [-0.4, -0.2) is 30.6 Å². The topological polar surface area (TPSA) is 29.5 Å². The van der Waals surface area contributed by atoms with E-state index in [-0.39, 0.29) is 12.0 Å². The molecule has 1 aromatic carbocycles. The fraction of sp³-hybridized carbons (Fsp3) is 0.462. The molecular formula is C13H17NO2. The second-order valence-electron chi connectivity index (χ2n) is 4.18. The van der Waals surface area contributed by atoms with Crippen LogP contribution < -0.4 is 0 Å². The van der Waals surface area contributed by atoms with Crippen molar-refractivity contribution in [3.63, 3.8) is 0 Å². The predicted molar refractivity (Wildman–Crippen MR) is 61.9 cm³/mol. The molecule has 0 saturated carbocycles. The van der Waals surface area contributed by atoms with Gasteiger partial charge in [-0.2, -0.15) is 0 Å². The van der Waals surface area contributed by atoms with Crippen LogP contribution in [0.2, 0.25) is 0 Å². The highest BCUT2D eigenvalue weighted by Crippen LogP contribution is 2.15. The SMILES string of the molecule is CN(Cc1ccccc1)C(=O)C1CCCO1. The number of hydrogen-bond donors (Lipinski definition) is 0. The molecule has 86 valence electrons. The molecule has 16 heavy (non-hydrogen) atoms. The molecule has 1 fully saturated rings. The molecule has 3 nitrogen and oxygen atoms in total. The van der Waals surface area contributed by atoms with Crippen molar-refractivity contribution in [2.45, 2.75) is 25.5 Å². The molecule has 1 aliphatic rings. The summed E-state index contributed by atoms with van der Waals surface area (Å²) in [5.41, 5.74) is 1.15. The second-order valence-corrected chi connectivity index (χ2v) is 4.18. The fourth-order valence-electron chi connectivity index (χ4n) is 1.95. The lowest BCUT2D eigenvalue weighted by Crippen LogP contribution is -2.35. The van der Waals surface area contributed by atoms with Gasteiger partial charge in [0.05, 0.1) is 0 Å². The van der Waals surface area contributed by atoms with Gasteiger partial charge in [0.1, 0.15) is 6.10 Å². The minimum atomic E-state index is -0.214. The summed E-state index contributed by atoms with van der Waals surface area (Å²) in [6, 6.07) is 10.0. The van der Waals surface area contributed by atoms with Crippen molar-refractivity contribution in [3.05, 3.63) is 35.9 Å². The molecule has 1 aliphatic heterocycles. The lowest BCUT2D eigenvalue weighted by atomic mass is 10.2. The van der Waals surface area contributed by atoms with Gasteiger partial charge in [-0.25, -0.2) is 0 Å². The van der Waals surface area contributed by atoms with E-state index in [1.807, 2.05) is 37.4 Å². The Balaban J connectivity index is 1.92. The maximum absolute atomic E-state index is 12.0. The largest absolute Gasteiger partial charge is 0.368 e. The van der Waals surface area contributed by atoms with Crippen LogP contribution in [0.1, 0.15) is 18.4 Å². The second kappa shape index (κ2) is 5.12. The molecule has 0 aromatic heterocycles. The number of nitrogens with zero attached hydrogens (tertiary/aromatic N) is 1. The summed E-state index contributed by atoms with van der Waals surface area (Å²) >= 11 is 0. The zero-order chi connectivity index (χ0) is 11.4. The number of rotatable bonds is 3. The van der Waals surface area contributed by atoms with Crippen LogP contribution in [0.25, 0.3) is 0 Å². The zero-order valence-electron chi connectivity index (χ0n) is 9.56. The lowest BCUT2D eigenvalue weighted by Gasteiger charge is -2.20. The number of hydrogen-bond acceptors (Lipinski definition) is 2. The van der Waals surface area contributed by atoms with Crippen LogP contribution in [-0.2, 0) is 16.1 Å². The van der Waals surface area contributed by atoms with E-state index in [9.17, 15) is 4.79 Å². The van der Waals surface area contributed by atoms with Crippen molar-refractivity contribution in [2.75, 3.05) is 13.7 Å². The molecule has 1 heterocycles. The first kappa shape index (κ1) is 11.1. The van der Waals surface area contributed by atoms with E-state index >= 15 is 0 Å². The van der Waals surface area contributed by atoms with Crippen LogP contribution in [0.3, 0.4) is 0 Å². The number of carbonyl (C=O) groups excluding carboxylic acids is 1. The van der Waals surface area contributed by atoms with E-state index in [4.69, 9.17) is 4.74 Å². The van der Waals surface area contributed by atoms with Crippen molar-refractivity contribution in [3.8, 4) is 0 Å². The normalized spacial score (nSPS) is 19.7. The van der Waals surface area contributed by atoms with E-state index in [0.29, 0.717) is 6.54 Å². The van der Waals surface area contributed by atoms with Gasteiger partial charge in [-0.15, -0.1) is 0 Å². The third kappa shape index (κ3) is 2.61. The number of likely N-dealkylation sites (N-methyl/N-ethyl adjacent to an activating group) is 1. The van der Waals surface area contributed by atoms with Gasteiger partial charge in [0, 0.05) is 20.2 Å². The van der Waals surface area contributed by atoms with Crippen molar-refractivity contribution >= 4 is 5.91 Å². The number of amides is 1. The predicted octanol–water partition coefficient (Wildman–Crippen LogP) is 1.82. The maximum Gasteiger partial charge on any atom is 0.251 e. The van der Waals surface area contributed by atoms with Crippen molar-refractivity contribution in [1.29, 1.82) is 0 Å². The van der Waals surface area contributed by atoms with E-state index in [0.717, 1.165) is 25.0 Å². The van der Waals surface area contributed by atoms with Crippen LogP contribution >= 0.6 is 0 Å². The molecule has 0 aliphatic carbocycles. The highest BCUT2D eigenvalue weighted by Gasteiger charge is 2.26. The number of carbonyl (C=O) groups is 1. The first-order valence-corrected chi connectivity index (χ1v) is 5.68. The van der Waals surface area contributed by atoms with E-state index in [2.05, 4.69) is 0 Å². The summed E-state index contributed by atoms with van der Waals surface area (Å²) < 4.78 is 5.38. The zero-order valence-corrected chi connectivity index (χ0v) is 9.56. The molecule has 0 spiro atoms. The van der Waals surface area contributed by atoms with Gasteiger partial charge >= 0.3 is 0 Å². The van der Waals surface area contributed by atoms with Crippen molar-refractivity contribution in [1.82, 2.24) is 4.90 Å². The summed E-state index contributed by atoms with van der Waals surface area (Å²) in [6.45, 7) is 1.37. The van der Waals surface area contributed by atoms with Gasteiger partial charge in [-0.1, -0.05) is 30.3 Å². The summed E-state index contributed by atoms with van der Waals surface area (Å²) in [7, 11) is 1.83. The third-order valence-electron chi connectivity index (χ3n) is 2.84.